The van der Waals surface area contributed by atoms with Gasteiger partial charge in [0.05, 0.1) is 4.90 Å². The van der Waals surface area contributed by atoms with Gasteiger partial charge >= 0.3 is 0 Å². The fourth-order valence-electron chi connectivity index (χ4n) is 1.53. The molecule has 1 aromatic rings. The molecule has 4 heteroatoms. The van der Waals surface area contributed by atoms with E-state index in [1.165, 1.54) is 25.1 Å². The first-order chi connectivity index (χ1) is 6.75. The van der Waals surface area contributed by atoms with Gasteiger partial charge < -0.3 is 0 Å². The van der Waals surface area contributed by atoms with Crippen molar-refractivity contribution in [1.29, 1.82) is 0 Å². The summed E-state index contributed by atoms with van der Waals surface area (Å²) in [5.41, 5.74) is 1.26. The van der Waals surface area contributed by atoms with E-state index in [-0.39, 0.29) is 0 Å². The summed E-state index contributed by atoms with van der Waals surface area (Å²) in [7, 11) is -1.35. The van der Waals surface area contributed by atoms with Gasteiger partial charge in [-0.05, 0) is 37.2 Å². The molecule has 1 heterocycles. The summed E-state index contributed by atoms with van der Waals surface area (Å²) in [6.07, 6.45) is 1.31. The average molecular weight is 210 g/mol. The lowest BCUT2D eigenvalue weighted by atomic mass is 10.1. The molecule has 1 aromatic carbocycles. The summed E-state index contributed by atoms with van der Waals surface area (Å²) in [6.45, 7) is 3.40. The van der Waals surface area contributed by atoms with Crippen LogP contribution in [0.25, 0.3) is 0 Å². The van der Waals surface area contributed by atoms with Gasteiger partial charge in [-0.3, -0.25) is 4.90 Å². The fraction of sp³-hybridized carbons (Fsp3) is 0.400. The van der Waals surface area contributed by atoms with Crippen molar-refractivity contribution in [2.75, 3.05) is 13.1 Å². The van der Waals surface area contributed by atoms with Crippen LogP contribution in [0.1, 0.15) is 12.0 Å². The number of hydrogen-bond acceptors (Lipinski definition) is 2. The van der Waals surface area contributed by atoms with Gasteiger partial charge in [-0.2, -0.15) is 0 Å². The van der Waals surface area contributed by atoms with Crippen LogP contribution in [0.5, 0.6) is 0 Å². The molecule has 3 nitrogen and oxygen atoms in total. The lowest BCUT2D eigenvalue weighted by Gasteiger charge is -2.30. The third-order valence-electron chi connectivity index (χ3n) is 2.51. The molecule has 0 aliphatic carbocycles. The topological polar surface area (TPSA) is 46.3 Å². The number of hydrogen-bond donors (Lipinski definition) is 1. The molecule has 1 aliphatic rings. The zero-order valence-electron chi connectivity index (χ0n) is 7.98. The molecule has 1 fully saturated rings. The van der Waals surface area contributed by atoms with Crippen molar-refractivity contribution < 1.29 is 4.21 Å². The third kappa shape index (κ3) is 2.20. The van der Waals surface area contributed by atoms with Gasteiger partial charge in [0.1, 0.15) is 11.0 Å². The van der Waals surface area contributed by atoms with Crippen molar-refractivity contribution in [3.8, 4) is 0 Å². The zero-order valence-corrected chi connectivity index (χ0v) is 8.80. The summed E-state index contributed by atoms with van der Waals surface area (Å²) in [4.78, 5) is 3.08. The van der Waals surface area contributed by atoms with Crippen LogP contribution in [-0.4, -0.2) is 22.2 Å². The van der Waals surface area contributed by atoms with Crippen molar-refractivity contribution in [2.24, 2.45) is 5.14 Å². The lowest BCUT2D eigenvalue weighted by Crippen LogP contribution is -2.36. The minimum Gasteiger partial charge on any atom is -0.299 e. The number of nitrogens with two attached hydrogens (primary N) is 1. The normalized spacial score (nSPS) is 18.9. The molecule has 0 bridgehead atoms. The molecule has 2 rings (SSSR count). The van der Waals surface area contributed by atoms with Crippen LogP contribution >= 0.6 is 0 Å². The summed E-state index contributed by atoms with van der Waals surface area (Å²) < 4.78 is 10.9. The highest BCUT2D eigenvalue weighted by Crippen LogP contribution is 2.13. The molecular formula is C10H14N2OS. The molecule has 2 N–H and O–H groups in total. The van der Waals surface area contributed by atoms with Gasteiger partial charge in [0.25, 0.3) is 0 Å². The summed E-state index contributed by atoms with van der Waals surface area (Å²) in [6, 6.07) is 7.67. The Labute approximate surface area is 86.5 Å². The van der Waals surface area contributed by atoms with Gasteiger partial charge in [-0.25, -0.2) is 9.35 Å². The highest BCUT2D eigenvalue weighted by atomic mass is 32.2. The predicted molar refractivity (Wildman–Crippen MR) is 56.9 cm³/mol. The molecule has 1 atom stereocenters. The van der Waals surface area contributed by atoms with Crippen molar-refractivity contribution in [3.63, 3.8) is 0 Å². The molecule has 0 aromatic heterocycles. The summed E-state index contributed by atoms with van der Waals surface area (Å²) in [5.74, 6) is 0. The molecule has 1 aliphatic heterocycles. The molecule has 1 saturated heterocycles. The van der Waals surface area contributed by atoms with Gasteiger partial charge in [0.15, 0.2) is 0 Å². The molecule has 1 unspecified atom stereocenters. The number of likely N-dealkylation sites (tertiary alicyclic amines) is 1. The monoisotopic (exact) mass is 210 g/mol. The summed E-state index contributed by atoms with van der Waals surface area (Å²) in [5, 5.41) is 5.26. The minimum absolute atomic E-state index is 0.692. The van der Waals surface area contributed by atoms with Crippen LogP contribution in [0.2, 0.25) is 0 Å². The van der Waals surface area contributed by atoms with E-state index < -0.39 is 11.0 Å². The fourth-order valence-corrected chi connectivity index (χ4v) is 1.93. The maximum atomic E-state index is 10.9. The Kier molecular flexibility index (Phi) is 2.96. The second-order valence-corrected chi connectivity index (χ2v) is 4.64. The Morgan fingerprint density at radius 2 is 1.93 bits per heavy atom. The number of benzene rings is 1. The van der Waals surface area contributed by atoms with Crippen LogP contribution < -0.4 is 5.14 Å². The smallest absolute Gasteiger partial charge is 0.122 e. The van der Waals surface area contributed by atoms with E-state index in [2.05, 4.69) is 4.90 Å². The first kappa shape index (κ1) is 9.83. The Hall–Kier alpha value is -0.710. The quantitative estimate of drug-likeness (QED) is 0.804. The van der Waals surface area contributed by atoms with Crippen molar-refractivity contribution in [3.05, 3.63) is 29.8 Å². The van der Waals surface area contributed by atoms with Crippen LogP contribution in [-0.2, 0) is 17.5 Å². The van der Waals surface area contributed by atoms with Crippen molar-refractivity contribution >= 4 is 11.0 Å². The highest BCUT2D eigenvalue weighted by molar-refractivity contribution is 7.82. The maximum absolute atomic E-state index is 10.9. The first-order valence-corrected chi connectivity index (χ1v) is 5.94. The summed E-state index contributed by atoms with van der Waals surface area (Å²) >= 11 is 0. The number of nitrogens with zero attached hydrogens (tertiary/aromatic N) is 1. The first-order valence-electron chi connectivity index (χ1n) is 4.73. The van der Waals surface area contributed by atoms with Crippen LogP contribution in [0, 0.1) is 0 Å². The van der Waals surface area contributed by atoms with E-state index >= 15 is 0 Å². The van der Waals surface area contributed by atoms with Crippen LogP contribution in [0.4, 0.5) is 0 Å². The Balaban J connectivity index is 2.01. The SMILES string of the molecule is NS(=O)c1ccc(CN2CCC2)cc1. The highest BCUT2D eigenvalue weighted by Gasteiger charge is 2.13. The van der Waals surface area contributed by atoms with Crippen molar-refractivity contribution in [1.82, 2.24) is 4.90 Å². The molecule has 0 saturated carbocycles. The van der Waals surface area contributed by atoms with E-state index in [1.54, 1.807) is 0 Å². The Morgan fingerprint density at radius 1 is 1.29 bits per heavy atom. The molecule has 14 heavy (non-hydrogen) atoms. The average Bonchev–Trinajstić information content (AvgIpc) is 2.12. The zero-order chi connectivity index (χ0) is 9.97. The van der Waals surface area contributed by atoms with Gasteiger partial charge in [0.2, 0.25) is 0 Å². The molecule has 0 spiro atoms. The second kappa shape index (κ2) is 4.21. The Bertz CT molecular complexity index is 332. The number of rotatable bonds is 3. The second-order valence-electron chi connectivity index (χ2n) is 3.57. The predicted octanol–water partition coefficient (Wildman–Crippen LogP) is 0.874. The lowest BCUT2D eigenvalue weighted by molar-refractivity contribution is 0.172. The Morgan fingerprint density at radius 3 is 2.36 bits per heavy atom. The van der Waals surface area contributed by atoms with Gasteiger partial charge in [0, 0.05) is 6.54 Å². The van der Waals surface area contributed by atoms with Crippen molar-refractivity contribution in [2.45, 2.75) is 17.9 Å². The molecule has 0 amide bonds. The van der Waals surface area contributed by atoms with Crippen LogP contribution in [0.3, 0.4) is 0 Å². The van der Waals surface area contributed by atoms with E-state index in [4.69, 9.17) is 5.14 Å². The van der Waals surface area contributed by atoms with E-state index in [9.17, 15) is 4.21 Å². The van der Waals surface area contributed by atoms with E-state index in [0.29, 0.717) is 4.90 Å². The molecule has 76 valence electrons. The minimum atomic E-state index is -1.35. The standard InChI is InChI=1S/C10H14N2OS/c11-14(13)10-4-2-9(3-5-10)8-12-6-1-7-12/h2-5H,1,6-8,11H2. The van der Waals surface area contributed by atoms with Crippen LogP contribution in [0.15, 0.2) is 29.2 Å². The third-order valence-corrected chi connectivity index (χ3v) is 3.25. The van der Waals surface area contributed by atoms with E-state index in [1.807, 2.05) is 24.3 Å². The molecular weight excluding hydrogens is 196 g/mol. The maximum Gasteiger partial charge on any atom is 0.122 e. The van der Waals surface area contributed by atoms with E-state index in [0.717, 1.165) is 6.54 Å². The van der Waals surface area contributed by atoms with Gasteiger partial charge in [-0.1, -0.05) is 12.1 Å². The molecule has 0 radical (unpaired) electrons. The van der Waals surface area contributed by atoms with Gasteiger partial charge in [-0.15, -0.1) is 0 Å². The largest absolute Gasteiger partial charge is 0.299 e.